The lowest BCUT2D eigenvalue weighted by Gasteiger charge is -2.08. The first kappa shape index (κ1) is 24.9. The zero-order valence-corrected chi connectivity index (χ0v) is 19.4. The number of ether oxygens (including phenoxy) is 2. The molecule has 0 radical (unpaired) electrons. The van der Waals surface area contributed by atoms with Crippen molar-refractivity contribution < 1.29 is 23.9 Å². The van der Waals surface area contributed by atoms with Gasteiger partial charge in [0.25, 0.3) is 11.8 Å². The van der Waals surface area contributed by atoms with Crippen LogP contribution in [0.1, 0.15) is 27.0 Å². The summed E-state index contributed by atoms with van der Waals surface area (Å²) in [5.41, 5.74) is 5.25. The molecule has 0 atom stereocenters. The largest absolute Gasteiger partial charge is 0.493 e. The second kappa shape index (κ2) is 12.5. The van der Waals surface area contributed by atoms with Gasteiger partial charge in [-0.3, -0.25) is 9.59 Å². The molecule has 0 bridgehead atoms. The van der Waals surface area contributed by atoms with Crippen LogP contribution >= 0.6 is 0 Å². The molecule has 8 nitrogen and oxygen atoms in total. The Morgan fingerprint density at radius 2 is 1.71 bits per heavy atom. The van der Waals surface area contributed by atoms with E-state index in [0.717, 1.165) is 11.1 Å². The SMILES string of the molecule is COc1cc(/C=N\NC(=O)CNC(=O)c2cccc(C)c2)ccc1OC(=O)/C=C/c1ccccc1. The van der Waals surface area contributed by atoms with Gasteiger partial charge in [0.15, 0.2) is 11.5 Å². The van der Waals surface area contributed by atoms with Crippen molar-refractivity contribution in [2.45, 2.75) is 6.92 Å². The number of esters is 1. The fourth-order valence-electron chi connectivity index (χ4n) is 2.99. The van der Waals surface area contributed by atoms with Gasteiger partial charge in [-0.25, -0.2) is 10.2 Å². The standard InChI is InChI=1S/C27H25N3O5/c1-19-7-6-10-22(15-19)27(33)28-18-25(31)30-29-17-21-11-13-23(24(16-21)34-2)35-26(32)14-12-20-8-4-3-5-9-20/h3-17H,18H2,1-2H3,(H,28,33)(H,30,31)/b14-12+,29-17-. The van der Waals surface area contributed by atoms with E-state index in [-0.39, 0.29) is 18.2 Å². The van der Waals surface area contributed by atoms with E-state index in [1.165, 1.54) is 19.4 Å². The maximum Gasteiger partial charge on any atom is 0.336 e. The number of carbonyl (C=O) groups is 3. The highest BCUT2D eigenvalue weighted by molar-refractivity contribution is 5.96. The van der Waals surface area contributed by atoms with Gasteiger partial charge in [-0.1, -0.05) is 48.0 Å². The van der Waals surface area contributed by atoms with Crippen LogP contribution in [-0.4, -0.2) is 37.7 Å². The minimum Gasteiger partial charge on any atom is -0.493 e. The number of hydrazone groups is 1. The minimum absolute atomic E-state index is 0.223. The van der Waals surface area contributed by atoms with E-state index in [9.17, 15) is 14.4 Å². The highest BCUT2D eigenvalue weighted by Gasteiger charge is 2.10. The number of methoxy groups -OCH3 is 1. The maximum absolute atomic E-state index is 12.1. The number of aryl methyl sites for hydroxylation is 1. The van der Waals surface area contributed by atoms with Crippen LogP contribution in [0.2, 0.25) is 0 Å². The quantitative estimate of drug-likeness (QED) is 0.163. The summed E-state index contributed by atoms with van der Waals surface area (Å²) >= 11 is 0. The summed E-state index contributed by atoms with van der Waals surface area (Å²) in [5, 5.41) is 6.43. The van der Waals surface area contributed by atoms with Crippen molar-refractivity contribution in [3.8, 4) is 11.5 Å². The fraction of sp³-hybridized carbons (Fsp3) is 0.111. The summed E-state index contributed by atoms with van der Waals surface area (Å²) in [6.07, 6.45) is 4.39. The normalized spacial score (nSPS) is 10.8. The highest BCUT2D eigenvalue weighted by atomic mass is 16.6. The fourth-order valence-corrected chi connectivity index (χ4v) is 2.99. The van der Waals surface area contributed by atoms with Gasteiger partial charge in [0, 0.05) is 11.6 Å². The van der Waals surface area contributed by atoms with Gasteiger partial charge in [0.2, 0.25) is 0 Å². The summed E-state index contributed by atoms with van der Waals surface area (Å²) in [5.74, 6) is -0.803. The van der Waals surface area contributed by atoms with E-state index in [1.54, 1.807) is 42.5 Å². The first-order valence-electron chi connectivity index (χ1n) is 10.7. The minimum atomic E-state index is -0.548. The van der Waals surface area contributed by atoms with E-state index in [1.807, 2.05) is 43.3 Å². The average Bonchev–Trinajstić information content (AvgIpc) is 2.87. The lowest BCUT2D eigenvalue weighted by molar-refractivity contribution is -0.129. The molecule has 3 aromatic carbocycles. The number of nitrogens with one attached hydrogen (secondary N) is 2. The summed E-state index contributed by atoms with van der Waals surface area (Å²) in [6.45, 7) is 1.66. The number of benzene rings is 3. The molecule has 3 rings (SSSR count). The molecule has 0 saturated carbocycles. The third kappa shape index (κ3) is 7.97. The number of carbonyl (C=O) groups excluding carboxylic acids is 3. The maximum atomic E-state index is 12.1. The van der Waals surface area contributed by atoms with Gasteiger partial charge in [0.1, 0.15) is 0 Å². The Kier molecular flexibility index (Phi) is 8.90. The molecule has 0 saturated heterocycles. The van der Waals surface area contributed by atoms with Gasteiger partial charge in [0.05, 0.1) is 19.9 Å². The van der Waals surface area contributed by atoms with Crippen LogP contribution in [0, 0.1) is 6.92 Å². The Hall–Kier alpha value is -4.72. The Balaban J connectivity index is 1.51. The molecule has 8 heteroatoms. The number of hydrogen-bond acceptors (Lipinski definition) is 6. The molecule has 3 aromatic rings. The predicted molar refractivity (Wildman–Crippen MR) is 133 cm³/mol. The van der Waals surface area contributed by atoms with Crippen LogP contribution in [0.25, 0.3) is 6.08 Å². The molecule has 0 spiro atoms. The Morgan fingerprint density at radius 3 is 2.46 bits per heavy atom. The van der Waals surface area contributed by atoms with Crippen molar-refractivity contribution in [3.05, 3.63) is 101 Å². The average molecular weight is 472 g/mol. The van der Waals surface area contributed by atoms with Crippen LogP contribution in [-0.2, 0) is 9.59 Å². The molecular weight excluding hydrogens is 446 g/mol. The summed E-state index contributed by atoms with van der Waals surface area (Å²) in [6, 6.07) is 21.3. The number of hydrogen-bond donors (Lipinski definition) is 2. The lowest BCUT2D eigenvalue weighted by atomic mass is 10.1. The molecule has 0 aliphatic carbocycles. The van der Waals surface area contributed by atoms with Gasteiger partial charge in [-0.05, 0) is 54.5 Å². The van der Waals surface area contributed by atoms with Crippen LogP contribution in [0.5, 0.6) is 11.5 Å². The molecule has 2 amide bonds. The molecule has 0 heterocycles. The number of amides is 2. The molecule has 0 unspecified atom stereocenters. The summed E-state index contributed by atoms with van der Waals surface area (Å²) in [4.78, 5) is 36.2. The molecule has 178 valence electrons. The van der Waals surface area contributed by atoms with Crippen molar-refractivity contribution in [2.24, 2.45) is 5.10 Å². The van der Waals surface area contributed by atoms with Gasteiger partial charge >= 0.3 is 5.97 Å². The number of nitrogens with zero attached hydrogens (tertiary/aromatic N) is 1. The van der Waals surface area contributed by atoms with E-state index >= 15 is 0 Å². The van der Waals surface area contributed by atoms with E-state index in [0.29, 0.717) is 16.9 Å². The smallest absolute Gasteiger partial charge is 0.336 e. The van der Waals surface area contributed by atoms with Crippen molar-refractivity contribution >= 4 is 30.1 Å². The Morgan fingerprint density at radius 1 is 0.914 bits per heavy atom. The third-order valence-electron chi connectivity index (χ3n) is 4.70. The molecule has 0 aliphatic rings. The van der Waals surface area contributed by atoms with Gasteiger partial charge in [-0.2, -0.15) is 5.10 Å². The van der Waals surface area contributed by atoms with Gasteiger partial charge < -0.3 is 14.8 Å². The topological polar surface area (TPSA) is 106 Å². The Labute approximate surface area is 203 Å². The predicted octanol–water partition coefficient (Wildman–Crippen LogP) is 3.50. The monoisotopic (exact) mass is 471 g/mol. The van der Waals surface area contributed by atoms with Gasteiger partial charge in [-0.15, -0.1) is 0 Å². The van der Waals surface area contributed by atoms with E-state index in [2.05, 4.69) is 15.8 Å². The van der Waals surface area contributed by atoms with Crippen molar-refractivity contribution in [1.82, 2.24) is 10.7 Å². The molecule has 0 aliphatic heterocycles. The molecular formula is C27H25N3O5. The first-order valence-corrected chi connectivity index (χ1v) is 10.7. The van der Waals surface area contributed by atoms with E-state index < -0.39 is 11.9 Å². The highest BCUT2D eigenvalue weighted by Crippen LogP contribution is 2.27. The summed E-state index contributed by atoms with van der Waals surface area (Å²) in [7, 11) is 1.45. The molecule has 0 fully saturated rings. The zero-order valence-electron chi connectivity index (χ0n) is 19.4. The first-order chi connectivity index (χ1) is 16.9. The number of rotatable bonds is 9. The molecule has 35 heavy (non-hydrogen) atoms. The lowest BCUT2D eigenvalue weighted by Crippen LogP contribution is -2.34. The zero-order chi connectivity index (χ0) is 25.0. The van der Waals surface area contributed by atoms with Crippen LogP contribution < -0.4 is 20.2 Å². The third-order valence-corrected chi connectivity index (χ3v) is 4.70. The van der Waals surface area contributed by atoms with Crippen LogP contribution in [0.3, 0.4) is 0 Å². The van der Waals surface area contributed by atoms with Crippen molar-refractivity contribution in [2.75, 3.05) is 13.7 Å². The van der Waals surface area contributed by atoms with Crippen LogP contribution in [0.4, 0.5) is 0 Å². The van der Waals surface area contributed by atoms with Crippen molar-refractivity contribution in [1.29, 1.82) is 0 Å². The summed E-state index contributed by atoms with van der Waals surface area (Å²) < 4.78 is 10.6. The molecule has 0 aromatic heterocycles. The second-order valence-corrected chi connectivity index (χ2v) is 7.42. The van der Waals surface area contributed by atoms with Crippen molar-refractivity contribution in [3.63, 3.8) is 0 Å². The van der Waals surface area contributed by atoms with Crippen LogP contribution in [0.15, 0.2) is 84.0 Å². The Bertz CT molecular complexity index is 1250. The van der Waals surface area contributed by atoms with E-state index in [4.69, 9.17) is 9.47 Å². The second-order valence-electron chi connectivity index (χ2n) is 7.42. The molecule has 2 N–H and O–H groups in total.